The van der Waals surface area contributed by atoms with Gasteiger partial charge in [0.1, 0.15) is 5.75 Å². The summed E-state index contributed by atoms with van der Waals surface area (Å²) in [4.78, 5) is 0. The van der Waals surface area contributed by atoms with E-state index in [0.29, 0.717) is 29.5 Å². The fraction of sp³-hybridized carbons (Fsp3) is 0.400. The van der Waals surface area contributed by atoms with E-state index in [4.69, 9.17) is 24.7 Å². The van der Waals surface area contributed by atoms with Crippen molar-refractivity contribution >= 4 is 11.4 Å². The van der Waals surface area contributed by atoms with E-state index in [1.165, 1.54) is 0 Å². The summed E-state index contributed by atoms with van der Waals surface area (Å²) in [5.41, 5.74) is 8.57. The molecule has 0 aliphatic rings. The van der Waals surface area contributed by atoms with E-state index in [1.807, 2.05) is 18.2 Å². The lowest BCUT2D eigenvalue weighted by atomic mass is 10.1. The molecule has 0 atom stereocenters. The lowest BCUT2D eigenvalue weighted by Crippen LogP contribution is -1.96. The second-order valence-electron chi connectivity index (χ2n) is 5.87. The van der Waals surface area contributed by atoms with Gasteiger partial charge in [0.15, 0.2) is 11.5 Å². The predicted molar refractivity (Wildman–Crippen MR) is 106 cm³/mol. The van der Waals surface area contributed by atoms with Gasteiger partial charge >= 0.3 is 0 Å². The molecule has 0 aromatic heterocycles. The van der Waals surface area contributed by atoms with Crippen LogP contribution in [0, 0.1) is 0 Å². The molecule has 0 saturated heterocycles. The Morgan fingerprint density at radius 1 is 0.852 bits per heavy atom. The Balaban J connectivity index is 1.87. The maximum absolute atomic E-state index is 6.04. The van der Waals surface area contributed by atoms with Crippen LogP contribution in [0.2, 0.25) is 0 Å². The number of methoxy groups -OCH3 is 4. The average molecular weight is 373 g/mol. The fourth-order valence-corrected chi connectivity index (χ4v) is 2.68. The van der Waals surface area contributed by atoms with Crippen LogP contribution in [0.25, 0.3) is 0 Å². The van der Waals surface area contributed by atoms with Gasteiger partial charge in [0.05, 0.1) is 40.7 Å². The molecule has 7 heteroatoms. The summed E-state index contributed by atoms with van der Waals surface area (Å²) in [5.74, 6) is 2.42. The maximum atomic E-state index is 6.04. The summed E-state index contributed by atoms with van der Waals surface area (Å²) in [6.45, 7) is 0.632. The highest BCUT2D eigenvalue weighted by atomic mass is 16.5. The summed E-state index contributed by atoms with van der Waals surface area (Å²) >= 11 is 0. The molecule has 2 N–H and O–H groups in total. The van der Waals surface area contributed by atoms with Gasteiger partial charge in [0.2, 0.25) is 5.75 Å². The first kappa shape index (κ1) is 20.4. The Bertz CT molecular complexity index is 753. The van der Waals surface area contributed by atoms with Crippen molar-refractivity contribution in [1.29, 1.82) is 0 Å². The van der Waals surface area contributed by atoms with Gasteiger partial charge in [-0.2, -0.15) is 10.2 Å². The molecular weight excluding hydrogens is 346 g/mol. The lowest BCUT2D eigenvalue weighted by molar-refractivity contribution is 0.324. The minimum Gasteiger partial charge on any atom is -0.497 e. The van der Waals surface area contributed by atoms with Gasteiger partial charge in [0.25, 0.3) is 0 Å². The topological polar surface area (TPSA) is 87.7 Å². The van der Waals surface area contributed by atoms with Crippen LogP contribution in [0.3, 0.4) is 0 Å². The van der Waals surface area contributed by atoms with Crippen LogP contribution in [0.4, 0.5) is 11.4 Å². The van der Waals surface area contributed by atoms with Crippen LogP contribution < -0.4 is 24.7 Å². The number of ether oxygens (including phenoxy) is 4. The first-order chi connectivity index (χ1) is 13.1. The van der Waals surface area contributed by atoms with Crippen LogP contribution >= 0.6 is 0 Å². The molecule has 0 amide bonds. The standard InChI is InChI=1S/C20H27N3O4/c1-24-16-9-8-14(17(21)13-16)7-5-6-10-22-23-15-11-18(25-2)20(27-4)19(12-15)26-3/h8-9,11-13H,5-7,10,21H2,1-4H3. The second kappa shape index (κ2) is 10.3. The Morgan fingerprint density at radius 2 is 1.56 bits per heavy atom. The average Bonchev–Trinajstić information content (AvgIpc) is 2.70. The lowest BCUT2D eigenvalue weighted by Gasteiger charge is -2.12. The van der Waals surface area contributed by atoms with Crippen LogP contribution in [0.5, 0.6) is 23.0 Å². The molecule has 0 aliphatic heterocycles. The van der Waals surface area contributed by atoms with Crippen molar-refractivity contribution in [2.75, 3.05) is 40.7 Å². The van der Waals surface area contributed by atoms with Crippen LogP contribution in [0.15, 0.2) is 40.6 Å². The third-order valence-corrected chi connectivity index (χ3v) is 4.14. The summed E-state index contributed by atoms with van der Waals surface area (Å²) in [6.07, 6.45) is 2.79. The number of nitrogens with two attached hydrogens (primary N) is 1. The number of hydrogen-bond donors (Lipinski definition) is 1. The summed E-state index contributed by atoms with van der Waals surface area (Å²) < 4.78 is 21.1. The molecule has 7 nitrogen and oxygen atoms in total. The molecule has 2 aromatic carbocycles. The van der Waals surface area contributed by atoms with E-state index in [-0.39, 0.29) is 0 Å². The number of rotatable bonds is 10. The molecule has 0 radical (unpaired) electrons. The quantitative estimate of drug-likeness (QED) is 0.379. The molecular formula is C20H27N3O4. The Hall–Kier alpha value is -2.96. The van der Waals surface area contributed by atoms with E-state index in [0.717, 1.165) is 36.3 Å². The number of benzene rings is 2. The fourth-order valence-electron chi connectivity index (χ4n) is 2.68. The van der Waals surface area contributed by atoms with Crippen molar-refractivity contribution in [3.8, 4) is 23.0 Å². The van der Waals surface area contributed by atoms with Gasteiger partial charge in [-0.25, -0.2) is 0 Å². The van der Waals surface area contributed by atoms with Crippen molar-refractivity contribution in [3.05, 3.63) is 35.9 Å². The maximum Gasteiger partial charge on any atom is 0.203 e. The normalized spacial score (nSPS) is 10.8. The number of nitrogen functional groups attached to an aromatic ring is 1. The van der Waals surface area contributed by atoms with Gasteiger partial charge < -0.3 is 24.7 Å². The minimum atomic E-state index is 0.538. The van der Waals surface area contributed by atoms with Gasteiger partial charge in [-0.05, 0) is 30.9 Å². The highest BCUT2D eigenvalue weighted by Crippen LogP contribution is 2.40. The van der Waals surface area contributed by atoms with Crippen LogP contribution in [-0.2, 0) is 6.42 Å². The van der Waals surface area contributed by atoms with Crippen LogP contribution in [-0.4, -0.2) is 35.0 Å². The summed E-state index contributed by atoms with van der Waals surface area (Å²) in [6, 6.07) is 9.31. The molecule has 0 bridgehead atoms. The molecule has 27 heavy (non-hydrogen) atoms. The Morgan fingerprint density at radius 3 is 2.11 bits per heavy atom. The number of hydrogen-bond acceptors (Lipinski definition) is 7. The molecule has 0 heterocycles. The van der Waals surface area contributed by atoms with E-state index in [9.17, 15) is 0 Å². The number of unbranched alkanes of at least 4 members (excludes halogenated alkanes) is 1. The van der Waals surface area contributed by atoms with E-state index in [1.54, 1.807) is 40.6 Å². The van der Waals surface area contributed by atoms with E-state index < -0.39 is 0 Å². The number of anilines is 1. The second-order valence-corrected chi connectivity index (χ2v) is 5.87. The Labute approximate surface area is 160 Å². The van der Waals surface area contributed by atoms with Crippen LogP contribution in [0.1, 0.15) is 18.4 Å². The molecule has 2 rings (SSSR count). The van der Waals surface area contributed by atoms with Crippen molar-refractivity contribution in [1.82, 2.24) is 0 Å². The molecule has 146 valence electrons. The predicted octanol–water partition coefficient (Wildman–Crippen LogP) is 4.41. The first-order valence-corrected chi connectivity index (χ1v) is 8.72. The van der Waals surface area contributed by atoms with E-state index >= 15 is 0 Å². The third-order valence-electron chi connectivity index (χ3n) is 4.14. The largest absolute Gasteiger partial charge is 0.497 e. The highest BCUT2D eigenvalue weighted by Gasteiger charge is 2.12. The van der Waals surface area contributed by atoms with Gasteiger partial charge in [-0.3, -0.25) is 0 Å². The zero-order valence-electron chi connectivity index (χ0n) is 16.3. The van der Waals surface area contributed by atoms with Crippen molar-refractivity contribution in [2.24, 2.45) is 10.2 Å². The minimum absolute atomic E-state index is 0.538. The molecule has 2 aromatic rings. The van der Waals surface area contributed by atoms with Crippen molar-refractivity contribution < 1.29 is 18.9 Å². The molecule has 0 unspecified atom stereocenters. The molecule has 0 spiro atoms. The summed E-state index contributed by atoms with van der Waals surface area (Å²) in [5, 5.41) is 8.50. The monoisotopic (exact) mass is 373 g/mol. The zero-order valence-corrected chi connectivity index (χ0v) is 16.3. The molecule has 0 aliphatic carbocycles. The molecule has 0 fully saturated rings. The smallest absolute Gasteiger partial charge is 0.203 e. The van der Waals surface area contributed by atoms with Gasteiger partial charge in [-0.15, -0.1) is 0 Å². The van der Waals surface area contributed by atoms with Gasteiger partial charge in [0, 0.05) is 23.9 Å². The number of aryl methyl sites for hydroxylation is 1. The first-order valence-electron chi connectivity index (χ1n) is 8.72. The van der Waals surface area contributed by atoms with Gasteiger partial charge in [-0.1, -0.05) is 6.07 Å². The molecule has 0 saturated carbocycles. The van der Waals surface area contributed by atoms with E-state index in [2.05, 4.69) is 10.2 Å². The number of nitrogens with zero attached hydrogens (tertiary/aromatic N) is 2. The Kier molecular flexibility index (Phi) is 7.73. The highest BCUT2D eigenvalue weighted by molar-refractivity contribution is 5.60. The third kappa shape index (κ3) is 5.51. The zero-order chi connectivity index (χ0) is 19.6. The summed E-state index contributed by atoms with van der Waals surface area (Å²) in [7, 11) is 6.34. The van der Waals surface area contributed by atoms with Crippen molar-refractivity contribution in [3.63, 3.8) is 0 Å². The van der Waals surface area contributed by atoms with Crippen molar-refractivity contribution in [2.45, 2.75) is 19.3 Å². The number of azo groups is 1. The SMILES string of the molecule is COc1ccc(CCCCN=Nc2cc(OC)c(OC)c(OC)c2)c(N)c1.